The van der Waals surface area contributed by atoms with Crippen LogP contribution in [0.2, 0.25) is 10.0 Å². The number of halogens is 3. The molecule has 0 unspecified atom stereocenters. The van der Waals surface area contributed by atoms with Gasteiger partial charge in [-0.05, 0) is 49.8 Å². The van der Waals surface area contributed by atoms with Gasteiger partial charge in [-0.15, -0.1) is 0 Å². The first-order chi connectivity index (χ1) is 15.3. The molecule has 9 heteroatoms. The fraction of sp³-hybridized carbons (Fsp3) is 0.304. The maximum Gasteiger partial charge on any atom is 0.246 e. The van der Waals surface area contributed by atoms with Gasteiger partial charge in [0.2, 0.25) is 5.91 Å². The predicted octanol–water partition coefficient (Wildman–Crippen LogP) is 4.51. The number of aromatic nitrogens is 2. The average Bonchev–Trinajstić information content (AvgIpc) is 3.33. The summed E-state index contributed by atoms with van der Waals surface area (Å²) in [5.41, 5.74) is 1.64. The van der Waals surface area contributed by atoms with Crippen molar-refractivity contribution in [2.75, 3.05) is 25.0 Å². The molecular weight excluding hydrogens is 454 g/mol. The largest absolute Gasteiger partial charge is 0.394 e. The lowest BCUT2D eigenvalue weighted by Crippen LogP contribution is -2.41. The lowest BCUT2D eigenvalue weighted by Gasteiger charge is -2.33. The summed E-state index contributed by atoms with van der Waals surface area (Å²) in [5, 5.41) is 18.6. The highest BCUT2D eigenvalue weighted by Crippen LogP contribution is 2.43. The minimum absolute atomic E-state index is 0.0112. The zero-order valence-corrected chi connectivity index (χ0v) is 19.0. The van der Waals surface area contributed by atoms with Gasteiger partial charge in [0.1, 0.15) is 5.82 Å². The quantitative estimate of drug-likeness (QED) is 0.405. The molecule has 1 aromatic heterocycles. The van der Waals surface area contributed by atoms with Crippen molar-refractivity contribution in [1.29, 1.82) is 0 Å². The van der Waals surface area contributed by atoms with Crippen LogP contribution in [0.5, 0.6) is 0 Å². The van der Waals surface area contributed by atoms with Crippen LogP contribution in [0.3, 0.4) is 0 Å². The Hall–Kier alpha value is -2.61. The number of amides is 1. The second-order valence-corrected chi connectivity index (χ2v) is 8.69. The smallest absolute Gasteiger partial charge is 0.246 e. The Morgan fingerprint density at radius 2 is 2.16 bits per heavy atom. The SMILES string of the molecule is C=CC(=O)N1CC[C@@](Nc2ccc3c(C)n(CCO)nc3c2)(c2c(F)ccc(Cl)c2Cl)C1. The molecular formula is C23H23Cl2FN4O2. The van der Waals surface area contributed by atoms with Crippen LogP contribution in [0, 0.1) is 12.7 Å². The maximum absolute atomic E-state index is 15.1. The van der Waals surface area contributed by atoms with Crippen molar-refractivity contribution in [1.82, 2.24) is 14.7 Å². The fourth-order valence-corrected chi connectivity index (χ4v) is 4.88. The van der Waals surface area contributed by atoms with Crippen molar-refractivity contribution in [2.24, 2.45) is 0 Å². The van der Waals surface area contributed by atoms with Crippen LogP contribution in [0.25, 0.3) is 10.9 Å². The highest BCUT2D eigenvalue weighted by molar-refractivity contribution is 6.42. The molecule has 1 amide bonds. The molecule has 168 valence electrons. The molecule has 0 spiro atoms. The molecule has 1 fully saturated rings. The standard InChI is InChI=1S/C23H23Cl2FN4O2/c1-3-20(32)29-9-8-23(13-29,21-18(26)7-6-17(24)22(21)25)27-15-4-5-16-14(2)30(10-11-31)28-19(16)12-15/h3-7,12,27,31H,1,8-11,13H2,2H3/t23-/m0/s1. The zero-order valence-electron chi connectivity index (χ0n) is 17.5. The van der Waals surface area contributed by atoms with Gasteiger partial charge in [0.15, 0.2) is 0 Å². The van der Waals surface area contributed by atoms with Gasteiger partial charge in [-0.3, -0.25) is 9.48 Å². The summed E-state index contributed by atoms with van der Waals surface area (Å²) >= 11 is 12.7. The third-order valence-corrected chi connectivity index (χ3v) is 6.78. The Balaban J connectivity index is 1.79. The van der Waals surface area contributed by atoms with E-state index in [1.807, 2.05) is 25.1 Å². The second-order valence-electron chi connectivity index (χ2n) is 7.90. The van der Waals surface area contributed by atoms with Gasteiger partial charge < -0.3 is 15.3 Å². The molecule has 1 aliphatic rings. The number of nitrogens with one attached hydrogen (secondary N) is 1. The lowest BCUT2D eigenvalue weighted by molar-refractivity contribution is -0.125. The first kappa shape index (κ1) is 22.6. The van der Waals surface area contributed by atoms with Crippen LogP contribution in [0.4, 0.5) is 10.1 Å². The molecule has 6 nitrogen and oxygen atoms in total. The van der Waals surface area contributed by atoms with Gasteiger partial charge >= 0.3 is 0 Å². The lowest BCUT2D eigenvalue weighted by atomic mass is 9.87. The van der Waals surface area contributed by atoms with E-state index < -0.39 is 11.4 Å². The van der Waals surface area contributed by atoms with Gasteiger partial charge in [0.25, 0.3) is 0 Å². The van der Waals surface area contributed by atoms with E-state index in [9.17, 15) is 9.90 Å². The molecule has 2 aromatic carbocycles. The number of aliphatic hydroxyl groups excluding tert-OH is 1. The molecule has 0 saturated carbocycles. The number of hydrogen-bond acceptors (Lipinski definition) is 4. The number of hydrogen-bond donors (Lipinski definition) is 2. The number of anilines is 1. The number of aryl methyl sites for hydroxylation is 1. The number of carbonyl (C=O) groups excluding carboxylic acids is 1. The summed E-state index contributed by atoms with van der Waals surface area (Å²) in [6, 6.07) is 8.39. The van der Waals surface area contributed by atoms with E-state index in [1.54, 1.807) is 9.58 Å². The summed E-state index contributed by atoms with van der Waals surface area (Å²) in [7, 11) is 0. The van der Waals surface area contributed by atoms with E-state index in [0.717, 1.165) is 16.6 Å². The molecule has 4 rings (SSSR count). The fourth-order valence-electron chi connectivity index (χ4n) is 4.39. The average molecular weight is 477 g/mol. The Bertz CT molecular complexity index is 1210. The van der Waals surface area contributed by atoms with Gasteiger partial charge in [-0.1, -0.05) is 29.8 Å². The molecule has 1 atom stereocenters. The normalized spacial score (nSPS) is 18.3. The molecule has 2 N–H and O–H groups in total. The van der Waals surface area contributed by atoms with Crippen molar-refractivity contribution in [2.45, 2.75) is 25.4 Å². The van der Waals surface area contributed by atoms with Crippen LogP contribution >= 0.6 is 23.2 Å². The van der Waals surface area contributed by atoms with Gasteiger partial charge in [-0.2, -0.15) is 5.10 Å². The maximum atomic E-state index is 15.1. The summed E-state index contributed by atoms with van der Waals surface area (Å²) in [4.78, 5) is 13.9. The number of nitrogens with zero attached hydrogens (tertiary/aromatic N) is 3. The molecule has 1 saturated heterocycles. The molecule has 0 bridgehead atoms. The van der Waals surface area contributed by atoms with Crippen LogP contribution in [0.1, 0.15) is 17.7 Å². The van der Waals surface area contributed by atoms with Crippen molar-refractivity contribution in [3.63, 3.8) is 0 Å². The number of aliphatic hydroxyl groups is 1. The molecule has 3 aromatic rings. The predicted molar refractivity (Wildman–Crippen MR) is 125 cm³/mol. The van der Waals surface area contributed by atoms with Crippen molar-refractivity contribution in [3.8, 4) is 0 Å². The Kier molecular flexibility index (Phi) is 6.16. The third-order valence-electron chi connectivity index (χ3n) is 5.98. The van der Waals surface area contributed by atoms with E-state index in [2.05, 4.69) is 17.0 Å². The van der Waals surface area contributed by atoms with E-state index in [0.29, 0.717) is 25.2 Å². The first-order valence-electron chi connectivity index (χ1n) is 10.2. The summed E-state index contributed by atoms with van der Waals surface area (Å²) < 4.78 is 16.8. The van der Waals surface area contributed by atoms with E-state index in [4.69, 9.17) is 23.2 Å². The highest BCUT2D eigenvalue weighted by atomic mass is 35.5. The Morgan fingerprint density at radius 3 is 2.88 bits per heavy atom. The second kappa shape index (κ2) is 8.73. The van der Waals surface area contributed by atoms with E-state index >= 15 is 4.39 Å². The number of benzene rings is 2. The van der Waals surface area contributed by atoms with Crippen molar-refractivity contribution < 1.29 is 14.3 Å². The molecule has 32 heavy (non-hydrogen) atoms. The zero-order chi connectivity index (χ0) is 23.0. The minimum atomic E-state index is -0.985. The van der Waals surface area contributed by atoms with Crippen LogP contribution in [-0.4, -0.2) is 45.4 Å². The molecule has 2 heterocycles. The molecule has 0 radical (unpaired) electrons. The number of carbonyl (C=O) groups is 1. The van der Waals surface area contributed by atoms with Gasteiger partial charge in [-0.25, -0.2) is 4.39 Å². The summed E-state index contributed by atoms with van der Waals surface area (Å²) in [6.45, 7) is 6.49. The topological polar surface area (TPSA) is 70.4 Å². The third kappa shape index (κ3) is 3.85. The van der Waals surface area contributed by atoms with Gasteiger partial charge in [0, 0.05) is 35.4 Å². The van der Waals surface area contributed by atoms with E-state index in [-0.39, 0.29) is 34.7 Å². The van der Waals surface area contributed by atoms with Crippen molar-refractivity contribution in [3.05, 3.63) is 70.1 Å². The highest BCUT2D eigenvalue weighted by Gasteiger charge is 2.44. The summed E-state index contributed by atoms with van der Waals surface area (Å²) in [5.74, 6) is -0.731. The monoisotopic (exact) mass is 476 g/mol. The molecule has 1 aliphatic heterocycles. The van der Waals surface area contributed by atoms with Crippen molar-refractivity contribution >= 4 is 45.7 Å². The van der Waals surface area contributed by atoms with Crippen LogP contribution in [-0.2, 0) is 16.9 Å². The van der Waals surface area contributed by atoms with Crippen LogP contribution in [0.15, 0.2) is 43.0 Å². The Morgan fingerprint density at radius 1 is 1.38 bits per heavy atom. The van der Waals surface area contributed by atoms with E-state index in [1.165, 1.54) is 18.2 Å². The summed E-state index contributed by atoms with van der Waals surface area (Å²) in [6.07, 6.45) is 1.67. The Labute approximate surface area is 195 Å². The number of rotatable bonds is 6. The molecule has 0 aliphatic carbocycles. The van der Waals surface area contributed by atoms with Crippen LogP contribution < -0.4 is 5.32 Å². The minimum Gasteiger partial charge on any atom is -0.394 e. The number of fused-ring (bicyclic) bond motifs is 1. The van der Waals surface area contributed by atoms with Gasteiger partial charge in [0.05, 0.1) is 34.3 Å². The first-order valence-corrected chi connectivity index (χ1v) is 11.0. The number of likely N-dealkylation sites (tertiary alicyclic amines) is 1.